The van der Waals surface area contributed by atoms with Gasteiger partial charge < -0.3 is 28.7 Å². The van der Waals surface area contributed by atoms with E-state index >= 15 is 0 Å². The lowest BCUT2D eigenvalue weighted by atomic mass is 9.76. The lowest BCUT2D eigenvalue weighted by Gasteiger charge is -2.47. The molecular formula is C48H46N4O8. The van der Waals surface area contributed by atoms with Crippen molar-refractivity contribution in [1.29, 1.82) is 0 Å². The van der Waals surface area contributed by atoms with Crippen LogP contribution in [0.25, 0.3) is 12.2 Å². The first-order valence-electron chi connectivity index (χ1n) is 19.9. The second-order valence-corrected chi connectivity index (χ2v) is 17.0. The van der Waals surface area contributed by atoms with E-state index in [2.05, 4.69) is 86.0 Å². The van der Waals surface area contributed by atoms with Crippen molar-refractivity contribution in [3.63, 3.8) is 0 Å². The van der Waals surface area contributed by atoms with Crippen LogP contribution >= 0.6 is 0 Å². The predicted molar refractivity (Wildman–Crippen MR) is 231 cm³/mol. The number of nitro groups is 2. The first-order chi connectivity index (χ1) is 28.6. The van der Waals surface area contributed by atoms with Gasteiger partial charge in [-0.3, -0.25) is 20.2 Å². The van der Waals surface area contributed by atoms with Crippen molar-refractivity contribution in [3.05, 3.63) is 162 Å². The Hall–Kier alpha value is -6.82. The van der Waals surface area contributed by atoms with Crippen molar-refractivity contribution >= 4 is 34.9 Å². The van der Waals surface area contributed by atoms with E-state index in [0.717, 1.165) is 33.6 Å². The summed E-state index contributed by atoms with van der Waals surface area (Å²) in [5, 5.41) is 23.9. The molecule has 0 saturated carbocycles. The third-order valence-electron chi connectivity index (χ3n) is 13.3. The predicted octanol–water partition coefficient (Wildman–Crippen LogP) is 10.3. The summed E-state index contributed by atoms with van der Waals surface area (Å²) < 4.78 is 25.6. The molecule has 4 heterocycles. The van der Waals surface area contributed by atoms with E-state index in [1.54, 1.807) is 19.9 Å². The summed E-state index contributed by atoms with van der Waals surface area (Å²) in [6.07, 6.45) is 7.92. The monoisotopic (exact) mass is 806 g/mol. The molecule has 60 heavy (non-hydrogen) atoms. The normalized spacial score (nSPS) is 20.9. The summed E-state index contributed by atoms with van der Waals surface area (Å²) >= 11 is 0. The van der Waals surface area contributed by atoms with Gasteiger partial charge in [0.1, 0.15) is 5.75 Å². The van der Waals surface area contributed by atoms with Crippen LogP contribution in [-0.2, 0) is 23.9 Å². The zero-order chi connectivity index (χ0) is 42.5. The van der Waals surface area contributed by atoms with Crippen molar-refractivity contribution in [2.75, 3.05) is 24.0 Å². The number of hydrogen-bond donors (Lipinski definition) is 0. The fourth-order valence-electron chi connectivity index (χ4n) is 10.0. The minimum atomic E-state index is -0.988. The van der Waals surface area contributed by atoms with E-state index in [4.69, 9.17) is 18.9 Å². The van der Waals surface area contributed by atoms with Crippen LogP contribution in [0, 0.1) is 34.1 Å². The van der Waals surface area contributed by atoms with Gasteiger partial charge in [-0.25, -0.2) is 0 Å². The first kappa shape index (κ1) is 38.7. The molecule has 2 atom stereocenters. The summed E-state index contributed by atoms with van der Waals surface area (Å²) in [7, 11) is 2.95. The van der Waals surface area contributed by atoms with Crippen LogP contribution in [0.5, 0.6) is 23.0 Å². The third-order valence-corrected chi connectivity index (χ3v) is 13.3. The first-order valence-corrected chi connectivity index (χ1v) is 19.9. The highest BCUT2D eigenvalue weighted by Crippen LogP contribution is 2.59. The Labute approximate surface area is 348 Å². The molecule has 0 N–H and O–H groups in total. The number of benzene rings is 5. The molecule has 0 amide bonds. The molecule has 306 valence electrons. The fourth-order valence-corrected chi connectivity index (χ4v) is 10.0. The van der Waals surface area contributed by atoms with E-state index in [0.29, 0.717) is 52.6 Å². The van der Waals surface area contributed by atoms with E-state index in [1.165, 1.54) is 20.3 Å². The van der Waals surface area contributed by atoms with Gasteiger partial charge in [-0.1, -0.05) is 60.7 Å². The van der Waals surface area contributed by atoms with E-state index in [-0.39, 0.29) is 17.1 Å². The number of nitrogens with zero attached hydrogens (tertiary/aromatic N) is 4. The molecule has 12 nitrogen and oxygen atoms in total. The Balaban J connectivity index is 1.07. The molecule has 12 heteroatoms. The molecule has 0 radical (unpaired) electrons. The zero-order valence-corrected chi connectivity index (χ0v) is 34.9. The summed E-state index contributed by atoms with van der Waals surface area (Å²) in [6, 6.07) is 28.3. The van der Waals surface area contributed by atoms with Crippen molar-refractivity contribution in [1.82, 2.24) is 0 Å². The zero-order valence-electron chi connectivity index (χ0n) is 34.9. The molecule has 4 aliphatic rings. The Morgan fingerprint density at radius 3 is 1.50 bits per heavy atom. The minimum Gasteiger partial charge on any atom is -0.492 e. The highest BCUT2D eigenvalue weighted by atomic mass is 16.6. The number of methoxy groups -OCH3 is 2. The number of anilines is 2. The van der Waals surface area contributed by atoms with Crippen LogP contribution < -0.4 is 28.7 Å². The number of ether oxygens (including phenoxy) is 4. The van der Waals surface area contributed by atoms with Gasteiger partial charge in [0.2, 0.25) is 17.2 Å². The Kier molecular flexibility index (Phi) is 8.61. The molecule has 0 saturated heterocycles. The SMILES string of the molecule is COc1c([N+](=O)[O-])cc2c(c1C)OC1(C=C2)N(Cc2ccc(CN3c4ccccc4C(C)(C)C34C=Cc3cc([N+](=O)[O-])c(C)c(OC)c3O4)cc2)c2ccccc2C1(C)C. The van der Waals surface area contributed by atoms with Crippen molar-refractivity contribution in [2.45, 2.75) is 76.9 Å². The number of hydrogen-bond acceptors (Lipinski definition) is 10. The summed E-state index contributed by atoms with van der Waals surface area (Å²) in [5.74, 6) is 1.55. The summed E-state index contributed by atoms with van der Waals surface area (Å²) in [5.41, 5.74) is 5.50. The molecule has 2 spiro atoms. The van der Waals surface area contributed by atoms with Gasteiger partial charge >= 0.3 is 5.69 Å². The van der Waals surface area contributed by atoms with Gasteiger partial charge in [-0.2, -0.15) is 0 Å². The molecule has 0 fully saturated rings. The molecular weight excluding hydrogens is 761 g/mol. The Bertz CT molecular complexity index is 2700. The van der Waals surface area contributed by atoms with Crippen LogP contribution in [0.15, 0.2) is 97.1 Å². The lowest BCUT2D eigenvalue weighted by Crippen LogP contribution is -2.59. The number of para-hydroxylation sites is 2. The molecule has 5 aromatic carbocycles. The topological polar surface area (TPSA) is 130 Å². The van der Waals surface area contributed by atoms with Crippen LogP contribution in [0.1, 0.15) is 72.2 Å². The number of rotatable bonds is 8. The Morgan fingerprint density at radius 1 is 0.600 bits per heavy atom. The third kappa shape index (κ3) is 5.22. The second kappa shape index (κ2) is 13.4. The van der Waals surface area contributed by atoms with E-state index < -0.39 is 32.1 Å². The fraction of sp³-hybridized carbons (Fsp3) is 0.292. The van der Waals surface area contributed by atoms with Gasteiger partial charge in [-0.05, 0) is 100 Å². The lowest BCUT2D eigenvalue weighted by molar-refractivity contribution is -0.385. The average Bonchev–Trinajstić information content (AvgIpc) is 3.51. The Morgan fingerprint density at radius 2 is 1.03 bits per heavy atom. The summed E-state index contributed by atoms with van der Waals surface area (Å²) in [4.78, 5) is 27.7. The summed E-state index contributed by atoms with van der Waals surface area (Å²) in [6.45, 7) is 13.2. The van der Waals surface area contributed by atoms with Crippen molar-refractivity contribution < 1.29 is 28.8 Å². The standard InChI is InChI=1S/C48H46N4O8/c1-29-39(51(53)54)25-34-22-24-48(60-44(34)43(29)58-8)46(5,6)36-14-10-12-16-38(36)50(48)28-32-19-17-31(18-20-32)27-49-37-15-11-9-13-35(37)45(3,4)47(49)23-21-33-26-40(52(55)56)42(57-7)30(2)41(33)59-47/h9-26H,27-28H2,1-8H3. The molecule has 2 unspecified atom stereocenters. The van der Waals surface area contributed by atoms with Crippen LogP contribution in [0.2, 0.25) is 0 Å². The molecule has 0 bridgehead atoms. The van der Waals surface area contributed by atoms with Gasteiger partial charge in [-0.15, -0.1) is 0 Å². The number of fused-ring (bicyclic) bond motifs is 4. The van der Waals surface area contributed by atoms with Crippen LogP contribution in [-0.4, -0.2) is 35.5 Å². The van der Waals surface area contributed by atoms with E-state index in [9.17, 15) is 20.2 Å². The smallest absolute Gasteiger partial charge is 0.312 e. The van der Waals surface area contributed by atoms with Crippen molar-refractivity contribution in [2.24, 2.45) is 0 Å². The molecule has 4 aliphatic heterocycles. The van der Waals surface area contributed by atoms with Crippen molar-refractivity contribution in [3.8, 4) is 23.0 Å². The maximum absolute atomic E-state index is 12.0. The average molecular weight is 807 g/mol. The van der Waals surface area contributed by atoms with Gasteiger partial charge in [0.05, 0.1) is 40.5 Å². The van der Waals surface area contributed by atoms with Crippen LogP contribution in [0.4, 0.5) is 22.7 Å². The maximum Gasteiger partial charge on any atom is 0.312 e. The maximum atomic E-state index is 12.0. The molecule has 9 rings (SSSR count). The molecule has 0 aliphatic carbocycles. The minimum absolute atomic E-state index is 0.0230. The largest absolute Gasteiger partial charge is 0.492 e. The highest BCUT2D eigenvalue weighted by molar-refractivity contribution is 5.78. The van der Waals surface area contributed by atoms with Gasteiger partial charge in [0.25, 0.3) is 5.69 Å². The highest BCUT2D eigenvalue weighted by Gasteiger charge is 2.60. The van der Waals surface area contributed by atoms with E-state index in [1.807, 2.05) is 48.6 Å². The van der Waals surface area contributed by atoms with Gasteiger partial charge in [0, 0.05) is 53.3 Å². The van der Waals surface area contributed by atoms with Crippen LogP contribution in [0.3, 0.4) is 0 Å². The quantitative estimate of drug-likeness (QED) is 0.110. The number of nitro benzene ring substituents is 2. The molecule has 0 aromatic heterocycles. The molecule has 5 aromatic rings. The van der Waals surface area contributed by atoms with Gasteiger partial charge in [0.15, 0.2) is 11.5 Å². The second-order valence-electron chi connectivity index (χ2n) is 17.0.